The summed E-state index contributed by atoms with van der Waals surface area (Å²) in [7, 11) is 1.96. The van der Waals surface area contributed by atoms with E-state index >= 15 is 0 Å². The van der Waals surface area contributed by atoms with E-state index in [1.165, 1.54) is 0 Å². The minimum Gasteiger partial charge on any atom is -0.370 e. The fraction of sp³-hybridized carbons (Fsp3) is 0.154. The lowest BCUT2D eigenvalue weighted by molar-refractivity contribution is -0.385. The number of aromatic nitrogens is 1. The first-order valence-electron chi connectivity index (χ1n) is 5.62. The van der Waals surface area contributed by atoms with Gasteiger partial charge < -0.3 is 4.90 Å². The van der Waals surface area contributed by atoms with Crippen molar-refractivity contribution in [1.82, 2.24) is 4.98 Å². The average molecular weight is 369 g/mol. The van der Waals surface area contributed by atoms with Crippen molar-refractivity contribution in [2.75, 3.05) is 11.9 Å². The topological polar surface area (TPSA) is 59.3 Å². The summed E-state index contributed by atoms with van der Waals surface area (Å²) < 4.78 is 0.640. The van der Waals surface area contributed by atoms with Gasteiger partial charge in [-0.2, -0.15) is 0 Å². The summed E-state index contributed by atoms with van der Waals surface area (Å²) in [6, 6.07) is 9.03. The van der Waals surface area contributed by atoms with Gasteiger partial charge in [-0.05, 0) is 52.4 Å². The smallest absolute Gasteiger partial charge is 0.282 e. The minimum absolute atomic E-state index is 0.140. The summed E-state index contributed by atoms with van der Waals surface area (Å²) >= 11 is 1.99. The molecule has 0 amide bonds. The number of pyridine rings is 1. The van der Waals surface area contributed by atoms with Crippen molar-refractivity contribution in [3.05, 3.63) is 62.0 Å². The van der Waals surface area contributed by atoms with E-state index in [9.17, 15) is 10.1 Å². The number of nitrogens with zero attached hydrogens (tertiary/aromatic N) is 3. The highest BCUT2D eigenvalue weighted by molar-refractivity contribution is 14.1. The zero-order valence-electron chi connectivity index (χ0n) is 10.3. The number of hydrogen-bond acceptors (Lipinski definition) is 4. The van der Waals surface area contributed by atoms with Crippen LogP contribution in [0.15, 0.2) is 42.7 Å². The summed E-state index contributed by atoms with van der Waals surface area (Å²) in [5.74, 6) is 0. The molecule has 0 aliphatic carbocycles. The summed E-state index contributed by atoms with van der Waals surface area (Å²) in [5.41, 5.74) is 2.24. The molecule has 1 heterocycles. The Bertz CT molecular complexity index is 590. The molecule has 2 aromatic rings. The van der Waals surface area contributed by atoms with Crippen LogP contribution in [0.5, 0.6) is 0 Å². The third kappa shape index (κ3) is 3.40. The zero-order chi connectivity index (χ0) is 13.8. The van der Waals surface area contributed by atoms with Gasteiger partial charge in [0.25, 0.3) is 5.69 Å². The second-order valence-corrected chi connectivity index (χ2v) is 5.27. The Kier molecular flexibility index (Phi) is 4.31. The summed E-state index contributed by atoms with van der Waals surface area (Å²) in [5, 5.41) is 10.8. The standard InChI is InChI=1S/C13H12IN3O2/c1-16(9-10-4-6-15-7-5-10)11-2-3-13(17(18)19)12(14)8-11/h2-8H,9H2,1H3. The van der Waals surface area contributed by atoms with Crippen molar-refractivity contribution in [3.63, 3.8) is 0 Å². The maximum Gasteiger partial charge on any atom is 0.282 e. The van der Waals surface area contributed by atoms with Crippen LogP contribution in [0.25, 0.3) is 0 Å². The number of benzene rings is 1. The molecule has 0 spiro atoms. The molecule has 1 aromatic heterocycles. The van der Waals surface area contributed by atoms with E-state index in [0.29, 0.717) is 3.57 Å². The molecule has 1 aromatic carbocycles. The number of nitro benzene ring substituents is 1. The summed E-state index contributed by atoms with van der Waals surface area (Å²) in [4.78, 5) is 16.4. The van der Waals surface area contributed by atoms with E-state index in [2.05, 4.69) is 4.98 Å². The molecule has 0 saturated heterocycles. The normalized spacial score (nSPS) is 10.2. The largest absolute Gasteiger partial charge is 0.370 e. The van der Waals surface area contributed by atoms with Crippen LogP contribution >= 0.6 is 22.6 Å². The van der Waals surface area contributed by atoms with Crippen LogP contribution in [0.4, 0.5) is 11.4 Å². The summed E-state index contributed by atoms with van der Waals surface area (Å²) in [6.07, 6.45) is 3.51. The maximum atomic E-state index is 10.8. The Morgan fingerprint density at radius 3 is 2.58 bits per heavy atom. The Hall–Kier alpha value is -1.70. The van der Waals surface area contributed by atoms with Crippen LogP contribution in [0.3, 0.4) is 0 Å². The van der Waals surface area contributed by atoms with Crippen LogP contribution in [0.2, 0.25) is 0 Å². The molecule has 98 valence electrons. The predicted octanol–water partition coefficient (Wildman–Crippen LogP) is 3.23. The molecule has 5 nitrogen and oxygen atoms in total. The Morgan fingerprint density at radius 2 is 2.00 bits per heavy atom. The molecule has 0 N–H and O–H groups in total. The van der Waals surface area contributed by atoms with Gasteiger partial charge in [0.1, 0.15) is 0 Å². The quantitative estimate of drug-likeness (QED) is 0.472. The lowest BCUT2D eigenvalue weighted by Gasteiger charge is -2.19. The van der Waals surface area contributed by atoms with Gasteiger partial charge in [0.05, 0.1) is 8.49 Å². The lowest BCUT2D eigenvalue weighted by atomic mass is 10.2. The van der Waals surface area contributed by atoms with Gasteiger partial charge in [-0.15, -0.1) is 0 Å². The number of halogens is 1. The molecular weight excluding hydrogens is 357 g/mol. The van der Waals surface area contributed by atoms with Crippen molar-refractivity contribution in [2.45, 2.75) is 6.54 Å². The highest BCUT2D eigenvalue weighted by Crippen LogP contribution is 2.26. The van der Waals surface area contributed by atoms with Gasteiger partial charge in [-0.25, -0.2) is 0 Å². The molecule has 0 fully saturated rings. The van der Waals surface area contributed by atoms with Crippen molar-refractivity contribution >= 4 is 34.0 Å². The Morgan fingerprint density at radius 1 is 1.32 bits per heavy atom. The molecule has 0 unspecified atom stereocenters. The van der Waals surface area contributed by atoms with E-state index in [-0.39, 0.29) is 10.6 Å². The van der Waals surface area contributed by atoms with Crippen LogP contribution in [0, 0.1) is 13.7 Å². The van der Waals surface area contributed by atoms with E-state index in [0.717, 1.165) is 17.8 Å². The molecular formula is C13H12IN3O2. The third-order valence-electron chi connectivity index (χ3n) is 2.74. The number of hydrogen-bond donors (Lipinski definition) is 0. The molecule has 6 heteroatoms. The molecule has 0 bridgehead atoms. The van der Waals surface area contributed by atoms with E-state index in [4.69, 9.17) is 0 Å². The second-order valence-electron chi connectivity index (χ2n) is 4.10. The van der Waals surface area contributed by atoms with Gasteiger partial charge in [0.2, 0.25) is 0 Å². The Balaban J connectivity index is 2.18. The fourth-order valence-electron chi connectivity index (χ4n) is 1.73. The minimum atomic E-state index is -0.367. The van der Waals surface area contributed by atoms with Crippen LogP contribution < -0.4 is 4.90 Å². The van der Waals surface area contributed by atoms with Gasteiger partial charge in [0, 0.05) is 37.7 Å². The monoisotopic (exact) mass is 369 g/mol. The lowest BCUT2D eigenvalue weighted by Crippen LogP contribution is -2.16. The van der Waals surface area contributed by atoms with Crippen LogP contribution in [-0.4, -0.2) is 17.0 Å². The summed E-state index contributed by atoms with van der Waals surface area (Å²) in [6.45, 7) is 0.733. The van der Waals surface area contributed by atoms with Gasteiger partial charge >= 0.3 is 0 Å². The molecule has 19 heavy (non-hydrogen) atoms. The van der Waals surface area contributed by atoms with Crippen LogP contribution in [0.1, 0.15) is 5.56 Å². The number of anilines is 1. The first-order valence-corrected chi connectivity index (χ1v) is 6.70. The molecule has 0 aliphatic rings. The van der Waals surface area contributed by atoms with Gasteiger partial charge in [0.15, 0.2) is 0 Å². The van der Waals surface area contributed by atoms with E-state index < -0.39 is 0 Å². The predicted molar refractivity (Wildman–Crippen MR) is 82.2 cm³/mol. The van der Waals surface area contributed by atoms with Gasteiger partial charge in [-0.3, -0.25) is 15.1 Å². The number of rotatable bonds is 4. The van der Waals surface area contributed by atoms with Gasteiger partial charge in [-0.1, -0.05) is 0 Å². The van der Waals surface area contributed by atoms with E-state index in [1.807, 2.05) is 52.7 Å². The van der Waals surface area contributed by atoms with Crippen molar-refractivity contribution < 1.29 is 4.92 Å². The maximum absolute atomic E-state index is 10.8. The van der Waals surface area contributed by atoms with Crippen molar-refractivity contribution in [2.24, 2.45) is 0 Å². The Labute approximate surface area is 124 Å². The number of nitro groups is 1. The molecule has 0 atom stereocenters. The second kappa shape index (κ2) is 5.96. The SMILES string of the molecule is CN(Cc1ccncc1)c1ccc([N+](=O)[O-])c(I)c1. The molecule has 0 radical (unpaired) electrons. The first-order chi connectivity index (χ1) is 9.08. The van der Waals surface area contributed by atoms with Crippen molar-refractivity contribution in [3.8, 4) is 0 Å². The van der Waals surface area contributed by atoms with Crippen LogP contribution in [-0.2, 0) is 6.54 Å². The third-order valence-corrected chi connectivity index (χ3v) is 3.60. The zero-order valence-corrected chi connectivity index (χ0v) is 12.4. The molecule has 0 saturated carbocycles. The average Bonchev–Trinajstić information content (AvgIpc) is 2.39. The molecule has 0 aliphatic heterocycles. The molecule has 2 rings (SSSR count). The van der Waals surface area contributed by atoms with E-state index in [1.54, 1.807) is 24.5 Å². The first kappa shape index (κ1) is 13.7. The fourth-order valence-corrected chi connectivity index (χ4v) is 2.43. The highest BCUT2D eigenvalue weighted by Gasteiger charge is 2.13. The van der Waals surface area contributed by atoms with Crippen molar-refractivity contribution in [1.29, 1.82) is 0 Å². The highest BCUT2D eigenvalue weighted by atomic mass is 127.